The monoisotopic (exact) mass is 261 g/mol. The Morgan fingerprint density at radius 2 is 1.95 bits per heavy atom. The van der Waals surface area contributed by atoms with Crippen molar-refractivity contribution in [3.05, 3.63) is 35.9 Å². The third-order valence-corrected chi connectivity index (χ3v) is 2.04. The lowest BCUT2D eigenvalue weighted by Gasteiger charge is -2.07. The van der Waals surface area contributed by atoms with Crippen molar-refractivity contribution in [3.63, 3.8) is 0 Å². The highest BCUT2D eigenvalue weighted by Crippen LogP contribution is 1.98. The Kier molecular flexibility index (Phi) is 6.55. The highest BCUT2D eigenvalue weighted by Gasteiger charge is 2.03. The van der Waals surface area contributed by atoms with Gasteiger partial charge in [0.25, 0.3) is 0 Å². The lowest BCUT2D eigenvalue weighted by atomic mass is 10.2. The van der Waals surface area contributed by atoms with Crippen LogP contribution in [0, 0.1) is 12.3 Å². The number of rotatable bonds is 6. The largest absolute Gasteiger partial charge is 0.344 e. The van der Waals surface area contributed by atoms with Crippen LogP contribution in [0.1, 0.15) is 5.56 Å². The molecule has 0 fully saturated rings. The van der Waals surface area contributed by atoms with Gasteiger partial charge >= 0.3 is 6.03 Å². The second kappa shape index (κ2) is 8.55. The molecular formula is C13H15N3O3. The van der Waals surface area contributed by atoms with Gasteiger partial charge in [0.05, 0.1) is 19.7 Å². The molecule has 0 bridgehead atoms. The smallest absolute Gasteiger partial charge is 0.339 e. The number of hydroxylamine groups is 1. The first-order valence-corrected chi connectivity index (χ1v) is 5.62. The third kappa shape index (κ3) is 6.71. The minimum Gasteiger partial charge on any atom is -0.344 e. The van der Waals surface area contributed by atoms with Gasteiger partial charge < -0.3 is 10.6 Å². The van der Waals surface area contributed by atoms with Crippen LogP contribution in [0.25, 0.3) is 0 Å². The molecule has 19 heavy (non-hydrogen) atoms. The molecule has 0 aromatic heterocycles. The highest BCUT2D eigenvalue weighted by atomic mass is 16.7. The van der Waals surface area contributed by atoms with Crippen LogP contribution in [-0.2, 0) is 16.2 Å². The second-order valence-electron chi connectivity index (χ2n) is 3.54. The van der Waals surface area contributed by atoms with Crippen molar-refractivity contribution < 1.29 is 14.4 Å². The molecule has 0 spiro atoms. The fourth-order valence-electron chi connectivity index (χ4n) is 1.17. The van der Waals surface area contributed by atoms with E-state index >= 15 is 0 Å². The van der Waals surface area contributed by atoms with E-state index in [-0.39, 0.29) is 25.6 Å². The van der Waals surface area contributed by atoms with E-state index in [4.69, 9.17) is 11.3 Å². The highest BCUT2D eigenvalue weighted by molar-refractivity contribution is 5.83. The molecule has 0 heterocycles. The zero-order valence-electron chi connectivity index (χ0n) is 10.3. The lowest BCUT2D eigenvalue weighted by Crippen LogP contribution is -2.42. The molecule has 100 valence electrons. The van der Waals surface area contributed by atoms with E-state index in [1.807, 2.05) is 30.3 Å². The number of carbonyl (C=O) groups excluding carboxylic acids is 2. The predicted molar refractivity (Wildman–Crippen MR) is 69.6 cm³/mol. The van der Waals surface area contributed by atoms with E-state index in [1.165, 1.54) is 0 Å². The number of terminal acetylenes is 1. The number of hydrogen-bond donors (Lipinski definition) is 3. The summed E-state index contributed by atoms with van der Waals surface area (Å²) in [5.74, 6) is 1.89. The second-order valence-corrected chi connectivity index (χ2v) is 3.54. The van der Waals surface area contributed by atoms with E-state index in [0.29, 0.717) is 0 Å². The number of nitrogens with one attached hydrogen (secondary N) is 3. The summed E-state index contributed by atoms with van der Waals surface area (Å²) in [6.07, 6.45) is 4.97. The average molecular weight is 261 g/mol. The Morgan fingerprint density at radius 1 is 1.21 bits per heavy atom. The summed E-state index contributed by atoms with van der Waals surface area (Å²) in [6.45, 7) is 0.215. The molecule has 0 radical (unpaired) electrons. The van der Waals surface area contributed by atoms with Crippen molar-refractivity contribution >= 4 is 11.9 Å². The summed E-state index contributed by atoms with van der Waals surface area (Å²) in [5, 5.41) is 4.73. The molecular weight excluding hydrogens is 246 g/mol. The first-order chi connectivity index (χ1) is 9.22. The number of urea groups is 1. The van der Waals surface area contributed by atoms with E-state index in [9.17, 15) is 9.59 Å². The molecule has 6 heteroatoms. The van der Waals surface area contributed by atoms with Crippen LogP contribution in [0.4, 0.5) is 4.79 Å². The van der Waals surface area contributed by atoms with Gasteiger partial charge in [0.2, 0.25) is 5.91 Å². The Morgan fingerprint density at radius 3 is 2.63 bits per heavy atom. The van der Waals surface area contributed by atoms with Crippen molar-refractivity contribution in [1.29, 1.82) is 0 Å². The van der Waals surface area contributed by atoms with Gasteiger partial charge in [-0.3, -0.25) is 9.63 Å². The molecule has 0 saturated heterocycles. The van der Waals surface area contributed by atoms with Gasteiger partial charge in [-0.1, -0.05) is 36.3 Å². The molecule has 0 aliphatic rings. The summed E-state index contributed by atoms with van der Waals surface area (Å²) in [7, 11) is 0. The van der Waals surface area contributed by atoms with Gasteiger partial charge in [-0.25, -0.2) is 10.3 Å². The maximum absolute atomic E-state index is 11.2. The maximum Gasteiger partial charge on any atom is 0.339 e. The fraction of sp³-hybridized carbons (Fsp3) is 0.231. The minimum atomic E-state index is -0.591. The fourth-order valence-corrected chi connectivity index (χ4v) is 1.17. The lowest BCUT2D eigenvalue weighted by molar-refractivity contribution is -0.119. The van der Waals surface area contributed by atoms with Crippen LogP contribution in [0.3, 0.4) is 0 Å². The normalized spacial score (nSPS) is 9.21. The van der Waals surface area contributed by atoms with E-state index in [1.54, 1.807) is 0 Å². The number of amides is 3. The van der Waals surface area contributed by atoms with Gasteiger partial charge in [-0.15, -0.1) is 6.42 Å². The van der Waals surface area contributed by atoms with E-state index < -0.39 is 6.03 Å². The molecule has 6 nitrogen and oxygen atoms in total. The van der Waals surface area contributed by atoms with Crippen molar-refractivity contribution in [2.24, 2.45) is 0 Å². The summed E-state index contributed by atoms with van der Waals surface area (Å²) >= 11 is 0. The topological polar surface area (TPSA) is 79.5 Å². The van der Waals surface area contributed by atoms with Crippen LogP contribution in [0.2, 0.25) is 0 Å². The molecule has 0 aliphatic carbocycles. The van der Waals surface area contributed by atoms with E-state index in [2.05, 4.69) is 22.0 Å². The third-order valence-electron chi connectivity index (χ3n) is 2.04. The minimum absolute atomic E-state index is 0.132. The molecule has 3 N–H and O–H groups in total. The maximum atomic E-state index is 11.2. The van der Waals surface area contributed by atoms with Crippen molar-refractivity contribution in [2.75, 3.05) is 13.1 Å². The average Bonchev–Trinajstić information content (AvgIpc) is 2.44. The predicted octanol–water partition coefficient (Wildman–Crippen LogP) is 0.167. The Labute approximate surface area is 111 Å². The summed E-state index contributed by atoms with van der Waals surface area (Å²) in [5.41, 5.74) is 3.10. The molecule has 0 unspecified atom stereocenters. The SMILES string of the molecule is C#CCNC(=O)CNC(=O)NOCc1ccccc1. The van der Waals surface area contributed by atoms with Crippen LogP contribution in [0.5, 0.6) is 0 Å². The zero-order chi connectivity index (χ0) is 13.9. The standard InChI is InChI=1S/C13H15N3O3/c1-2-8-14-12(17)9-15-13(18)16-19-10-11-6-4-3-5-7-11/h1,3-7H,8-10H2,(H,14,17)(H2,15,16,18). The molecule has 1 aromatic carbocycles. The van der Waals surface area contributed by atoms with Gasteiger partial charge in [0.15, 0.2) is 0 Å². The van der Waals surface area contributed by atoms with Crippen LogP contribution < -0.4 is 16.1 Å². The molecule has 1 aromatic rings. The molecule has 0 atom stereocenters. The van der Waals surface area contributed by atoms with Crippen molar-refractivity contribution in [2.45, 2.75) is 6.61 Å². The van der Waals surface area contributed by atoms with Gasteiger partial charge in [0, 0.05) is 0 Å². The summed E-state index contributed by atoms with van der Waals surface area (Å²) in [6, 6.07) is 8.77. The van der Waals surface area contributed by atoms with Crippen LogP contribution in [0.15, 0.2) is 30.3 Å². The van der Waals surface area contributed by atoms with Crippen molar-refractivity contribution in [3.8, 4) is 12.3 Å². The Balaban J connectivity index is 2.12. The molecule has 1 rings (SSSR count). The van der Waals surface area contributed by atoms with Crippen molar-refractivity contribution in [1.82, 2.24) is 16.1 Å². The van der Waals surface area contributed by atoms with Crippen LogP contribution >= 0.6 is 0 Å². The number of hydrogen-bond acceptors (Lipinski definition) is 3. The Bertz CT molecular complexity index is 454. The molecule has 0 saturated carbocycles. The zero-order valence-corrected chi connectivity index (χ0v) is 10.3. The quantitative estimate of drug-likeness (QED) is 0.504. The van der Waals surface area contributed by atoms with Gasteiger partial charge in [-0.2, -0.15) is 0 Å². The molecule has 0 aliphatic heterocycles. The first kappa shape index (κ1) is 14.5. The number of carbonyl (C=O) groups is 2. The van der Waals surface area contributed by atoms with E-state index in [0.717, 1.165) is 5.56 Å². The number of benzene rings is 1. The Hall–Kier alpha value is -2.52. The van der Waals surface area contributed by atoms with Gasteiger partial charge in [-0.05, 0) is 5.56 Å². The first-order valence-electron chi connectivity index (χ1n) is 5.62. The molecule has 3 amide bonds. The van der Waals surface area contributed by atoms with Crippen LogP contribution in [-0.4, -0.2) is 25.0 Å². The summed E-state index contributed by atoms with van der Waals surface area (Å²) < 4.78 is 0. The van der Waals surface area contributed by atoms with Gasteiger partial charge in [0.1, 0.15) is 0 Å². The summed E-state index contributed by atoms with van der Waals surface area (Å²) in [4.78, 5) is 27.3.